The first kappa shape index (κ1) is 14.0. The van der Waals surface area contributed by atoms with Crippen LogP contribution in [-0.4, -0.2) is 40.2 Å². The Kier molecular flexibility index (Phi) is 4.02. The molecule has 1 aromatic heterocycles. The molecule has 0 aromatic carbocycles. The van der Waals surface area contributed by atoms with E-state index in [9.17, 15) is 14.9 Å². The van der Waals surface area contributed by atoms with E-state index in [4.69, 9.17) is 5.11 Å². The van der Waals surface area contributed by atoms with Crippen molar-refractivity contribution in [1.82, 2.24) is 10.3 Å². The molecular formula is C12H16N4O4. The molecule has 1 aliphatic rings. The zero-order valence-electron chi connectivity index (χ0n) is 11.0. The number of hydrogen-bond donors (Lipinski definition) is 2. The number of pyridine rings is 1. The van der Waals surface area contributed by atoms with Crippen molar-refractivity contribution in [3.8, 4) is 0 Å². The molecule has 108 valence electrons. The van der Waals surface area contributed by atoms with Gasteiger partial charge in [-0.25, -0.2) is 4.79 Å². The van der Waals surface area contributed by atoms with E-state index in [1.54, 1.807) is 6.07 Å². The van der Waals surface area contributed by atoms with Gasteiger partial charge in [-0.15, -0.1) is 0 Å². The molecule has 0 saturated carbocycles. The maximum Gasteiger partial charge on any atom is 0.404 e. The van der Waals surface area contributed by atoms with Crippen LogP contribution in [0, 0.1) is 16.0 Å². The lowest BCUT2D eigenvalue weighted by Crippen LogP contribution is -2.50. The summed E-state index contributed by atoms with van der Waals surface area (Å²) in [6.07, 6.45) is 2.37. The van der Waals surface area contributed by atoms with Gasteiger partial charge in [0.05, 0.1) is 4.92 Å². The van der Waals surface area contributed by atoms with Crippen molar-refractivity contribution in [2.24, 2.45) is 5.92 Å². The number of amides is 1. The first-order valence-corrected chi connectivity index (χ1v) is 6.30. The van der Waals surface area contributed by atoms with Crippen molar-refractivity contribution in [2.75, 3.05) is 18.0 Å². The van der Waals surface area contributed by atoms with Crippen LogP contribution in [0.25, 0.3) is 0 Å². The minimum absolute atomic E-state index is 0.0596. The summed E-state index contributed by atoms with van der Waals surface area (Å²) >= 11 is 0. The van der Waals surface area contributed by atoms with Crippen LogP contribution in [0.2, 0.25) is 0 Å². The van der Waals surface area contributed by atoms with Crippen molar-refractivity contribution < 1.29 is 14.8 Å². The van der Waals surface area contributed by atoms with Crippen molar-refractivity contribution in [1.29, 1.82) is 0 Å². The second kappa shape index (κ2) is 5.72. The van der Waals surface area contributed by atoms with E-state index in [0.29, 0.717) is 18.8 Å². The molecular weight excluding hydrogens is 264 g/mol. The minimum atomic E-state index is -1.08. The van der Waals surface area contributed by atoms with Gasteiger partial charge in [0, 0.05) is 25.3 Å². The van der Waals surface area contributed by atoms with E-state index in [-0.39, 0.29) is 17.6 Å². The summed E-state index contributed by atoms with van der Waals surface area (Å²) < 4.78 is 0. The van der Waals surface area contributed by atoms with Crippen molar-refractivity contribution >= 4 is 17.5 Å². The maximum atomic E-state index is 11.0. The molecule has 0 bridgehead atoms. The van der Waals surface area contributed by atoms with Crippen LogP contribution >= 0.6 is 0 Å². The van der Waals surface area contributed by atoms with Gasteiger partial charge in [-0.3, -0.25) is 15.1 Å². The molecule has 1 aliphatic heterocycles. The van der Waals surface area contributed by atoms with E-state index in [1.807, 2.05) is 11.8 Å². The van der Waals surface area contributed by atoms with E-state index >= 15 is 0 Å². The number of nitrogens with zero attached hydrogens (tertiary/aromatic N) is 3. The van der Waals surface area contributed by atoms with Crippen LogP contribution in [0.3, 0.4) is 0 Å². The highest BCUT2D eigenvalue weighted by Gasteiger charge is 2.29. The molecule has 8 heteroatoms. The third-order valence-electron chi connectivity index (χ3n) is 3.30. The molecule has 2 N–H and O–H groups in total. The zero-order chi connectivity index (χ0) is 14.7. The van der Waals surface area contributed by atoms with Gasteiger partial charge in [0.25, 0.3) is 0 Å². The predicted octanol–water partition coefficient (Wildman–Crippen LogP) is 1.47. The molecule has 1 aromatic rings. The van der Waals surface area contributed by atoms with E-state index < -0.39 is 11.0 Å². The second-order valence-corrected chi connectivity index (χ2v) is 5.01. The highest BCUT2D eigenvalue weighted by molar-refractivity contribution is 5.66. The lowest BCUT2D eigenvalue weighted by atomic mass is 9.95. The van der Waals surface area contributed by atoms with Gasteiger partial charge in [0.2, 0.25) is 0 Å². The molecule has 0 unspecified atom stereocenters. The van der Waals surface area contributed by atoms with Crippen LogP contribution in [0.4, 0.5) is 16.2 Å². The van der Waals surface area contributed by atoms with Gasteiger partial charge in [-0.05, 0) is 18.4 Å². The van der Waals surface area contributed by atoms with E-state index in [2.05, 4.69) is 10.3 Å². The SMILES string of the molecule is C[C@H]1C[C@H](NC(=O)O)CN(c2ccncc2[N+](=O)[O-])C1. The van der Waals surface area contributed by atoms with Gasteiger partial charge in [-0.2, -0.15) is 0 Å². The normalized spacial score (nSPS) is 22.4. The van der Waals surface area contributed by atoms with Gasteiger partial charge in [0.15, 0.2) is 0 Å². The fraction of sp³-hybridized carbons (Fsp3) is 0.500. The maximum absolute atomic E-state index is 11.0. The molecule has 0 aliphatic carbocycles. The number of anilines is 1. The number of carbonyl (C=O) groups is 1. The Balaban J connectivity index is 2.23. The molecule has 0 spiro atoms. The molecule has 20 heavy (non-hydrogen) atoms. The van der Waals surface area contributed by atoms with Crippen molar-refractivity contribution in [3.63, 3.8) is 0 Å². The Labute approximate surface area is 115 Å². The van der Waals surface area contributed by atoms with E-state index in [1.165, 1.54) is 12.4 Å². The quantitative estimate of drug-likeness (QED) is 0.641. The number of hydrogen-bond acceptors (Lipinski definition) is 5. The summed E-state index contributed by atoms with van der Waals surface area (Å²) in [5, 5.41) is 22.3. The summed E-state index contributed by atoms with van der Waals surface area (Å²) in [4.78, 5) is 26.9. The predicted molar refractivity (Wildman–Crippen MR) is 71.8 cm³/mol. The van der Waals surface area contributed by atoms with Crippen LogP contribution < -0.4 is 10.2 Å². The topological polar surface area (TPSA) is 109 Å². The fourth-order valence-corrected chi connectivity index (χ4v) is 2.61. The number of rotatable bonds is 3. The Hall–Kier alpha value is -2.38. The van der Waals surface area contributed by atoms with Crippen molar-refractivity contribution in [3.05, 3.63) is 28.6 Å². The van der Waals surface area contributed by atoms with Gasteiger partial charge >= 0.3 is 11.8 Å². The number of piperidine rings is 1. The highest BCUT2D eigenvalue weighted by Crippen LogP contribution is 2.30. The van der Waals surface area contributed by atoms with Crippen molar-refractivity contribution in [2.45, 2.75) is 19.4 Å². The average molecular weight is 280 g/mol. The smallest absolute Gasteiger partial charge is 0.404 e. The standard InChI is InChI=1S/C12H16N4O4/c1-8-4-9(14-12(17)18)7-15(6-8)10-2-3-13-5-11(10)16(19)20/h2-3,5,8-9,14H,4,6-7H2,1H3,(H,17,18)/t8-,9-/m0/s1. The average Bonchev–Trinajstić information content (AvgIpc) is 2.37. The fourth-order valence-electron chi connectivity index (χ4n) is 2.61. The van der Waals surface area contributed by atoms with Gasteiger partial charge in [-0.1, -0.05) is 6.92 Å². The van der Waals surface area contributed by atoms with Crippen LogP contribution in [0.1, 0.15) is 13.3 Å². The number of carboxylic acid groups (broad SMARTS) is 1. The van der Waals surface area contributed by atoms with Gasteiger partial charge < -0.3 is 15.3 Å². The molecule has 1 saturated heterocycles. The van der Waals surface area contributed by atoms with Crippen LogP contribution in [0.15, 0.2) is 18.5 Å². The lowest BCUT2D eigenvalue weighted by molar-refractivity contribution is -0.384. The lowest BCUT2D eigenvalue weighted by Gasteiger charge is -2.37. The summed E-state index contributed by atoms with van der Waals surface area (Å²) in [5.74, 6) is 0.244. The minimum Gasteiger partial charge on any atom is -0.465 e. The molecule has 2 atom stereocenters. The Bertz CT molecular complexity index is 522. The van der Waals surface area contributed by atoms with E-state index in [0.717, 1.165) is 6.42 Å². The third-order valence-corrected chi connectivity index (χ3v) is 3.30. The number of aromatic nitrogens is 1. The Morgan fingerprint density at radius 3 is 3.00 bits per heavy atom. The number of nitro groups is 1. The molecule has 1 fully saturated rings. The zero-order valence-corrected chi connectivity index (χ0v) is 11.0. The first-order valence-electron chi connectivity index (χ1n) is 6.30. The molecule has 0 radical (unpaired) electrons. The summed E-state index contributed by atoms with van der Waals surface area (Å²) in [5.41, 5.74) is 0.421. The molecule has 8 nitrogen and oxygen atoms in total. The molecule has 1 amide bonds. The Morgan fingerprint density at radius 2 is 2.35 bits per heavy atom. The van der Waals surface area contributed by atoms with Gasteiger partial charge in [0.1, 0.15) is 11.9 Å². The van der Waals surface area contributed by atoms with Crippen LogP contribution in [0.5, 0.6) is 0 Å². The monoisotopic (exact) mass is 280 g/mol. The largest absolute Gasteiger partial charge is 0.465 e. The summed E-state index contributed by atoms with van der Waals surface area (Å²) in [7, 11) is 0. The third kappa shape index (κ3) is 3.14. The summed E-state index contributed by atoms with van der Waals surface area (Å²) in [6, 6.07) is 1.36. The second-order valence-electron chi connectivity index (χ2n) is 5.01. The molecule has 2 heterocycles. The first-order chi connectivity index (χ1) is 9.47. The Morgan fingerprint density at radius 1 is 1.60 bits per heavy atom. The molecule has 2 rings (SSSR count). The van der Waals surface area contributed by atoms with Crippen LogP contribution in [-0.2, 0) is 0 Å². The summed E-state index contributed by atoms with van der Waals surface area (Å²) in [6.45, 7) is 3.07. The highest BCUT2D eigenvalue weighted by atomic mass is 16.6. The number of nitrogens with one attached hydrogen (secondary N) is 1.